The molecule has 2 rings (SSSR count). The van der Waals surface area contributed by atoms with Crippen LogP contribution in [0, 0.1) is 5.82 Å². The number of rotatable bonds is 3. The maximum Gasteiger partial charge on any atom is 0.125 e. The van der Waals surface area contributed by atoms with Crippen LogP contribution < -0.4 is 10.5 Å². The van der Waals surface area contributed by atoms with Crippen molar-refractivity contribution in [1.29, 1.82) is 0 Å². The lowest BCUT2D eigenvalue weighted by Crippen LogP contribution is -2.10. The Morgan fingerprint density at radius 3 is 2.25 bits per heavy atom. The SMILES string of the molecule is CC(C)(C)c1ccc(OCc2ccc(F)cc2N)cc1. The third-order valence-corrected chi connectivity index (χ3v) is 3.22. The molecular formula is C17H20FNO. The molecule has 2 nitrogen and oxygen atoms in total. The summed E-state index contributed by atoms with van der Waals surface area (Å²) in [6.45, 7) is 6.84. The van der Waals surface area contributed by atoms with E-state index in [1.807, 2.05) is 12.1 Å². The molecular weight excluding hydrogens is 253 g/mol. The Bertz CT molecular complexity index is 585. The fourth-order valence-corrected chi connectivity index (χ4v) is 1.91. The molecule has 3 heteroatoms. The Kier molecular flexibility index (Phi) is 3.98. The second-order valence-electron chi connectivity index (χ2n) is 5.91. The van der Waals surface area contributed by atoms with Crippen molar-refractivity contribution in [1.82, 2.24) is 0 Å². The molecule has 0 heterocycles. The molecule has 0 aliphatic heterocycles. The molecule has 0 atom stereocenters. The van der Waals surface area contributed by atoms with Crippen molar-refractivity contribution in [3.8, 4) is 5.75 Å². The van der Waals surface area contributed by atoms with Crippen LogP contribution >= 0.6 is 0 Å². The van der Waals surface area contributed by atoms with Gasteiger partial charge in [0.2, 0.25) is 0 Å². The second kappa shape index (κ2) is 5.53. The standard InChI is InChI=1S/C17H20FNO/c1-17(2,3)13-5-8-15(9-6-13)20-11-12-4-7-14(18)10-16(12)19/h4-10H,11,19H2,1-3H3. The van der Waals surface area contributed by atoms with Crippen LogP contribution in [-0.2, 0) is 12.0 Å². The van der Waals surface area contributed by atoms with Crippen LogP contribution in [0.4, 0.5) is 10.1 Å². The molecule has 0 spiro atoms. The predicted octanol–water partition coefficient (Wildman–Crippen LogP) is 4.28. The highest BCUT2D eigenvalue weighted by Crippen LogP contribution is 2.25. The lowest BCUT2D eigenvalue weighted by molar-refractivity contribution is 0.306. The Labute approximate surface area is 119 Å². The first-order valence-electron chi connectivity index (χ1n) is 6.63. The van der Waals surface area contributed by atoms with E-state index in [0.717, 1.165) is 11.3 Å². The van der Waals surface area contributed by atoms with Gasteiger partial charge in [-0.05, 0) is 35.2 Å². The van der Waals surface area contributed by atoms with Gasteiger partial charge >= 0.3 is 0 Å². The first-order valence-corrected chi connectivity index (χ1v) is 6.63. The minimum Gasteiger partial charge on any atom is -0.489 e. The molecule has 0 radical (unpaired) electrons. The number of hydrogen-bond acceptors (Lipinski definition) is 2. The molecule has 0 saturated heterocycles. The quantitative estimate of drug-likeness (QED) is 0.847. The molecule has 106 valence electrons. The first-order chi connectivity index (χ1) is 9.36. The van der Waals surface area contributed by atoms with Crippen LogP contribution in [-0.4, -0.2) is 0 Å². The van der Waals surface area contributed by atoms with E-state index >= 15 is 0 Å². The average Bonchev–Trinajstić information content (AvgIpc) is 2.37. The van der Waals surface area contributed by atoms with Gasteiger partial charge in [0.15, 0.2) is 0 Å². The molecule has 0 fully saturated rings. The Morgan fingerprint density at radius 2 is 1.70 bits per heavy atom. The van der Waals surface area contributed by atoms with Crippen LogP contribution in [0.1, 0.15) is 31.9 Å². The van der Waals surface area contributed by atoms with Gasteiger partial charge in [-0.2, -0.15) is 0 Å². The van der Waals surface area contributed by atoms with Gasteiger partial charge in [0.25, 0.3) is 0 Å². The van der Waals surface area contributed by atoms with Crippen molar-refractivity contribution in [3.63, 3.8) is 0 Å². The van der Waals surface area contributed by atoms with Crippen molar-refractivity contribution in [2.24, 2.45) is 0 Å². The number of benzene rings is 2. The summed E-state index contributed by atoms with van der Waals surface area (Å²) in [6, 6.07) is 12.3. The molecule has 0 aromatic heterocycles. The van der Waals surface area contributed by atoms with Crippen molar-refractivity contribution >= 4 is 5.69 Å². The third kappa shape index (κ3) is 3.50. The molecule has 2 aromatic rings. The van der Waals surface area contributed by atoms with Crippen LogP contribution in [0.25, 0.3) is 0 Å². The zero-order chi connectivity index (χ0) is 14.8. The highest BCUT2D eigenvalue weighted by atomic mass is 19.1. The monoisotopic (exact) mass is 273 g/mol. The number of nitrogen functional groups attached to an aromatic ring is 1. The highest BCUT2D eigenvalue weighted by Gasteiger charge is 2.13. The molecule has 0 saturated carbocycles. The van der Waals surface area contributed by atoms with Gasteiger partial charge < -0.3 is 10.5 Å². The molecule has 2 aromatic carbocycles. The summed E-state index contributed by atoms with van der Waals surface area (Å²) in [5, 5.41) is 0. The molecule has 0 aliphatic rings. The van der Waals surface area contributed by atoms with Crippen LogP contribution in [0.3, 0.4) is 0 Å². The van der Waals surface area contributed by atoms with Gasteiger partial charge in [0.1, 0.15) is 18.2 Å². The maximum absolute atomic E-state index is 12.9. The van der Waals surface area contributed by atoms with Crippen molar-refractivity contribution in [2.45, 2.75) is 32.8 Å². The molecule has 0 aliphatic carbocycles. The Morgan fingerprint density at radius 1 is 1.05 bits per heavy atom. The van der Waals surface area contributed by atoms with Crippen molar-refractivity contribution < 1.29 is 9.13 Å². The van der Waals surface area contributed by atoms with E-state index < -0.39 is 0 Å². The van der Waals surface area contributed by atoms with Crippen molar-refractivity contribution in [3.05, 3.63) is 59.4 Å². The van der Waals surface area contributed by atoms with Gasteiger partial charge in [-0.15, -0.1) is 0 Å². The fourth-order valence-electron chi connectivity index (χ4n) is 1.91. The zero-order valence-corrected chi connectivity index (χ0v) is 12.1. The molecule has 0 bridgehead atoms. The van der Waals surface area contributed by atoms with Gasteiger partial charge in [-0.1, -0.05) is 39.0 Å². The van der Waals surface area contributed by atoms with E-state index in [4.69, 9.17) is 10.5 Å². The van der Waals surface area contributed by atoms with Gasteiger partial charge in [-0.25, -0.2) is 4.39 Å². The normalized spacial score (nSPS) is 11.4. The summed E-state index contributed by atoms with van der Waals surface area (Å²) < 4.78 is 18.6. The van der Waals surface area contributed by atoms with Crippen LogP contribution in [0.2, 0.25) is 0 Å². The zero-order valence-electron chi connectivity index (χ0n) is 12.1. The summed E-state index contributed by atoms with van der Waals surface area (Å²) in [5.41, 5.74) is 8.32. The lowest BCUT2D eigenvalue weighted by atomic mass is 9.87. The van der Waals surface area contributed by atoms with E-state index in [1.54, 1.807) is 6.07 Å². The van der Waals surface area contributed by atoms with Gasteiger partial charge in [-0.3, -0.25) is 0 Å². The van der Waals surface area contributed by atoms with E-state index in [9.17, 15) is 4.39 Å². The van der Waals surface area contributed by atoms with Crippen LogP contribution in [0.15, 0.2) is 42.5 Å². The maximum atomic E-state index is 12.9. The number of hydrogen-bond donors (Lipinski definition) is 1. The first kappa shape index (κ1) is 14.4. The summed E-state index contributed by atoms with van der Waals surface area (Å²) in [4.78, 5) is 0. The molecule has 0 unspecified atom stereocenters. The summed E-state index contributed by atoms with van der Waals surface area (Å²) in [7, 11) is 0. The van der Waals surface area contributed by atoms with Gasteiger partial charge in [0, 0.05) is 11.3 Å². The number of nitrogens with two attached hydrogens (primary N) is 1. The van der Waals surface area contributed by atoms with Crippen LogP contribution in [0.5, 0.6) is 5.75 Å². The topological polar surface area (TPSA) is 35.2 Å². The molecule has 2 N–H and O–H groups in total. The molecule has 20 heavy (non-hydrogen) atoms. The summed E-state index contributed by atoms with van der Waals surface area (Å²) >= 11 is 0. The third-order valence-electron chi connectivity index (χ3n) is 3.22. The summed E-state index contributed by atoms with van der Waals surface area (Å²) in [6.07, 6.45) is 0. The van der Waals surface area contributed by atoms with E-state index in [1.165, 1.54) is 17.7 Å². The number of anilines is 1. The predicted molar refractivity (Wildman–Crippen MR) is 80.3 cm³/mol. The average molecular weight is 273 g/mol. The Hall–Kier alpha value is -2.03. The Balaban J connectivity index is 2.04. The number of ether oxygens (including phenoxy) is 1. The smallest absolute Gasteiger partial charge is 0.125 e. The fraction of sp³-hybridized carbons (Fsp3) is 0.294. The van der Waals surface area contributed by atoms with E-state index in [2.05, 4.69) is 32.9 Å². The second-order valence-corrected chi connectivity index (χ2v) is 5.91. The minimum absolute atomic E-state index is 0.125. The minimum atomic E-state index is -0.333. The highest BCUT2D eigenvalue weighted by molar-refractivity contribution is 5.46. The van der Waals surface area contributed by atoms with Crippen molar-refractivity contribution in [2.75, 3.05) is 5.73 Å². The lowest BCUT2D eigenvalue weighted by Gasteiger charge is -2.19. The van der Waals surface area contributed by atoms with E-state index in [0.29, 0.717) is 12.3 Å². The van der Waals surface area contributed by atoms with Gasteiger partial charge in [0.05, 0.1) is 0 Å². The summed E-state index contributed by atoms with van der Waals surface area (Å²) in [5.74, 6) is 0.447. The van der Waals surface area contributed by atoms with E-state index in [-0.39, 0.29) is 11.2 Å². The molecule has 0 amide bonds. The number of halogens is 1. The largest absolute Gasteiger partial charge is 0.489 e.